The molecule has 134 valence electrons. The van der Waals surface area contributed by atoms with E-state index in [4.69, 9.17) is 20.3 Å². The number of ether oxygens (including phenoxy) is 4. The van der Waals surface area contributed by atoms with Gasteiger partial charge in [-0.1, -0.05) is 60.7 Å². The maximum atomic E-state index is 8.17. The third kappa shape index (κ3) is 5.65. The molecule has 1 fully saturated rings. The fraction of sp³-hybridized carbons (Fsp3) is 0.429. The van der Waals surface area contributed by atoms with Crippen molar-refractivity contribution in [2.45, 2.75) is 44.5 Å². The Morgan fingerprint density at radius 1 is 1.00 bits per heavy atom. The highest BCUT2D eigenvalue weighted by atomic mass is 16.7. The highest BCUT2D eigenvalue weighted by Gasteiger charge is 2.32. The van der Waals surface area contributed by atoms with Gasteiger partial charge in [0.2, 0.25) is 0 Å². The molecule has 1 aliphatic rings. The van der Waals surface area contributed by atoms with E-state index in [1.165, 1.54) is 0 Å². The molecule has 0 saturated carbocycles. The number of hydrogen-bond donors (Lipinski definition) is 0. The SMILES string of the molecule is [2H][C@@H]1C[C@H](OCc2ccccc2)[C@@H](COCc2ccccc2)O[C@H]1OC. The van der Waals surface area contributed by atoms with Gasteiger partial charge in [0.1, 0.15) is 6.10 Å². The van der Waals surface area contributed by atoms with E-state index in [-0.39, 0.29) is 12.2 Å². The molecule has 4 heteroatoms. The van der Waals surface area contributed by atoms with E-state index >= 15 is 0 Å². The Kier molecular flexibility index (Phi) is 6.48. The Morgan fingerprint density at radius 3 is 2.28 bits per heavy atom. The molecule has 1 saturated heterocycles. The maximum absolute atomic E-state index is 8.17. The van der Waals surface area contributed by atoms with Gasteiger partial charge < -0.3 is 18.9 Å². The molecule has 0 amide bonds. The Morgan fingerprint density at radius 2 is 1.64 bits per heavy atom. The Labute approximate surface area is 151 Å². The fourth-order valence-electron chi connectivity index (χ4n) is 2.83. The second kappa shape index (κ2) is 9.68. The van der Waals surface area contributed by atoms with Crippen molar-refractivity contribution in [2.75, 3.05) is 13.7 Å². The van der Waals surface area contributed by atoms with Crippen molar-refractivity contribution in [3.8, 4) is 0 Å². The highest BCUT2D eigenvalue weighted by Crippen LogP contribution is 2.24. The van der Waals surface area contributed by atoms with Crippen LogP contribution in [0.15, 0.2) is 60.7 Å². The van der Waals surface area contributed by atoms with E-state index < -0.39 is 12.7 Å². The molecule has 4 nitrogen and oxygen atoms in total. The van der Waals surface area contributed by atoms with Crippen LogP contribution in [-0.4, -0.2) is 32.2 Å². The quantitative estimate of drug-likeness (QED) is 0.727. The molecule has 2 aromatic carbocycles. The first-order valence-corrected chi connectivity index (χ1v) is 8.64. The predicted octanol–water partition coefficient (Wildman–Crippen LogP) is 3.94. The number of benzene rings is 2. The molecule has 0 spiro atoms. The molecule has 3 rings (SSSR count). The summed E-state index contributed by atoms with van der Waals surface area (Å²) >= 11 is 0. The van der Waals surface area contributed by atoms with E-state index in [1.54, 1.807) is 7.11 Å². The van der Waals surface area contributed by atoms with Gasteiger partial charge in [-0.3, -0.25) is 0 Å². The van der Waals surface area contributed by atoms with Gasteiger partial charge in [-0.15, -0.1) is 0 Å². The second-order valence-corrected chi connectivity index (χ2v) is 6.09. The minimum absolute atomic E-state index is 0.195. The van der Waals surface area contributed by atoms with E-state index in [1.807, 2.05) is 60.7 Å². The molecular formula is C21H26O4. The first kappa shape index (κ1) is 16.7. The van der Waals surface area contributed by atoms with Crippen LogP contribution in [0.5, 0.6) is 0 Å². The highest BCUT2D eigenvalue weighted by molar-refractivity contribution is 5.14. The standard InChI is InChI=1S/C21H26O4/c1-22-21-13-12-19(24-15-18-10-6-3-7-11-18)20(25-21)16-23-14-17-8-4-2-5-9-17/h2-11,19-21H,12-16H2,1H3/t19-,20+,21+/m0/s1/i13D/t13-,19+,20-,21-/m1. The van der Waals surface area contributed by atoms with Crippen LogP contribution in [0, 0.1) is 0 Å². The van der Waals surface area contributed by atoms with Crippen LogP contribution >= 0.6 is 0 Å². The van der Waals surface area contributed by atoms with Crippen molar-refractivity contribution in [2.24, 2.45) is 0 Å². The summed E-state index contributed by atoms with van der Waals surface area (Å²) in [6, 6.07) is 20.1. The Hall–Kier alpha value is -1.72. The molecule has 0 N–H and O–H groups in total. The lowest BCUT2D eigenvalue weighted by Crippen LogP contribution is -2.43. The maximum Gasteiger partial charge on any atom is 0.157 e. The summed E-state index contributed by atoms with van der Waals surface area (Å²) in [7, 11) is 1.57. The van der Waals surface area contributed by atoms with Gasteiger partial charge in [0.15, 0.2) is 6.29 Å². The van der Waals surface area contributed by atoms with Gasteiger partial charge in [0, 0.05) is 14.9 Å². The molecule has 4 atom stereocenters. The van der Waals surface area contributed by atoms with Crippen molar-refractivity contribution in [1.82, 2.24) is 0 Å². The van der Waals surface area contributed by atoms with Crippen LogP contribution in [-0.2, 0) is 32.2 Å². The average Bonchev–Trinajstić information content (AvgIpc) is 2.69. The summed E-state index contributed by atoms with van der Waals surface area (Å²) in [6.45, 7) is 1.42. The largest absolute Gasteiger partial charge is 0.374 e. The minimum atomic E-state index is -0.545. The zero-order valence-corrected chi connectivity index (χ0v) is 14.5. The van der Waals surface area contributed by atoms with Crippen LogP contribution in [0.25, 0.3) is 0 Å². The van der Waals surface area contributed by atoms with Crippen LogP contribution < -0.4 is 0 Å². The zero-order valence-electron chi connectivity index (χ0n) is 15.5. The van der Waals surface area contributed by atoms with Gasteiger partial charge in [-0.2, -0.15) is 0 Å². The third-order valence-electron chi connectivity index (χ3n) is 4.22. The normalized spacial score (nSPS) is 27.0. The lowest BCUT2D eigenvalue weighted by molar-refractivity contribution is -0.234. The molecule has 1 heterocycles. The second-order valence-electron chi connectivity index (χ2n) is 6.09. The summed E-state index contributed by atoms with van der Waals surface area (Å²) in [5.41, 5.74) is 2.22. The fourth-order valence-corrected chi connectivity index (χ4v) is 2.83. The van der Waals surface area contributed by atoms with Crippen molar-refractivity contribution in [1.29, 1.82) is 0 Å². The zero-order chi connectivity index (χ0) is 18.2. The Bertz CT molecular complexity index is 637. The molecule has 1 aliphatic heterocycles. The molecule has 0 aliphatic carbocycles. The molecule has 2 aromatic rings. The molecular weight excluding hydrogens is 316 g/mol. The predicted molar refractivity (Wildman–Crippen MR) is 96.0 cm³/mol. The van der Waals surface area contributed by atoms with Gasteiger partial charge in [-0.05, 0) is 17.5 Å². The van der Waals surface area contributed by atoms with Crippen LogP contribution in [0.2, 0.25) is 0 Å². The summed E-state index contributed by atoms with van der Waals surface area (Å²) < 4.78 is 31.3. The minimum Gasteiger partial charge on any atom is -0.374 e. The first-order chi connectivity index (χ1) is 12.8. The van der Waals surface area contributed by atoms with Crippen molar-refractivity contribution in [3.63, 3.8) is 0 Å². The van der Waals surface area contributed by atoms with E-state index in [2.05, 4.69) is 0 Å². The average molecular weight is 343 g/mol. The van der Waals surface area contributed by atoms with Crippen molar-refractivity contribution >= 4 is 0 Å². The summed E-state index contributed by atoms with van der Waals surface area (Å²) in [5.74, 6) is 0. The summed E-state index contributed by atoms with van der Waals surface area (Å²) in [6.07, 6.45) is -0.901. The van der Waals surface area contributed by atoms with Gasteiger partial charge in [0.05, 0.1) is 25.9 Å². The summed E-state index contributed by atoms with van der Waals surface area (Å²) in [4.78, 5) is 0. The van der Waals surface area contributed by atoms with Crippen molar-refractivity contribution < 1.29 is 20.3 Å². The third-order valence-corrected chi connectivity index (χ3v) is 4.22. The van der Waals surface area contributed by atoms with Gasteiger partial charge in [-0.25, -0.2) is 0 Å². The smallest absolute Gasteiger partial charge is 0.157 e. The topological polar surface area (TPSA) is 36.9 Å². The van der Waals surface area contributed by atoms with E-state index in [0.29, 0.717) is 26.2 Å². The van der Waals surface area contributed by atoms with Crippen LogP contribution in [0.3, 0.4) is 0 Å². The van der Waals surface area contributed by atoms with Gasteiger partial charge >= 0.3 is 0 Å². The van der Waals surface area contributed by atoms with Crippen molar-refractivity contribution in [3.05, 3.63) is 71.8 Å². The molecule has 0 aromatic heterocycles. The van der Waals surface area contributed by atoms with E-state index in [9.17, 15) is 0 Å². The molecule has 0 unspecified atom stereocenters. The van der Waals surface area contributed by atoms with E-state index in [0.717, 1.165) is 11.1 Å². The number of hydrogen-bond acceptors (Lipinski definition) is 4. The monoisotopic (exact) mass is 343 g/mol. The number of methoxy groups -OCH3 is 1. The lowest BCUT2D eigenvalue weighted by Gasteiger charge is -2.35. The molecule has 0 bridgehead atoms. The lowest BCUT2D eigenvalue weighted by atomic mass is 10.0. The molecule has 0 radical (unpaired) electrons. The Balaban J connectivity index is 1.56. The molecule has 25 heavy (non-hydrogen) atoms. The van der Waals surface area contributed by atoms with Crippen LogP contribution in [0.4, 0.5) is 0 Å². The summed E-state index contributed by atoms with van der Waals surface area (Å²) in [5, 5.41) is 0. The first-order valence-electron chi connectivity index (χ1n) is 9.21. The van der Waals surface area contributed by atoms with Crippen LogP contribution in [0.1, 0.15) is 25.3 Å². The van der Waals surface area contributed by atoms with Gasteiger partial charge in [0.25, 0.3) is 0 Å². The number of rotatable bonds is 8.